The van der Waals surface area contributed by atoms with Gasteiger partial charge in [-0.1, -0.05) is 0 Å². The van der Waals surface area contributed by atoms with Crippen LogP contribution in [-0.4, -0.2) is 10.1 Å². The molecule has 0 aromatic heterocycles. The molecule has 0 nitrogen and oxygen atoms in total. The van der Waals surface area contributed by atoms with E-state index in [0.29, 0.717) is 0 Å². The van der Waals surface area contributed by atoms with Gasteiger partial charge in [0.05, 0.1) is 0 Å². The molecule has 0 radical (unpaired) electrons. The molecule has 3 heteroatoms. The van der Waals surface area contributed by atoms with Gasteiger partial charge in [-0.3, -0.25) is 0 Å². The average Bonchev–Trinajstić information content (AvgIpc) is 0.918. The zero-order valence-electron chi connectivity index (χ0n) is 2.82. The van der Waals surface area contributed by atoms with Crippen LogP contribution in [0.1, 0.15) is 6.92 Å². The van der Waals surface area contributed by atoms with Gasteiger partial charge in [-0.25, -0.2) is 0 Å². The van der Waals surface area contributed by atoms with Crippen molar-refractivity contribution in [2.75, 3.05) is 0 Å². The van der Waals surface area contributed by atoms with Crippen LogP contribution in [0.2, 0.25) is 3.93 Å². The van der Waals surface area contributed by atoms with Crippen molar-refractivity contribution < 1.29 is 26.1 Å². The molecule has 0 aliphatic rings. The Morgan fingerprint density at radius 1 is 1.60 bits per heavy atom. The van der Waals surface area contributed by atoms with Crippen LogP contribution in [0.5, 0.6) is 0 Å². The molecule has 0 unspecified atom stereocenters. The molecule has 0 bridgehead atoms. The molecule has 0 heterocycles. The first-order valence-electron chi connectivity index (χ1n) is 1.21. The zero-order chi connectivity index (χ0) is 2.71. The first-order chi connectivity index (χ1) is 1.41. The van der Waals surface area contributed by atoms with E-state index in [9.17, 15) is 0 Å². The molecular weight excluding hydrogens is 269 g/mol. The molecule has 0 spiro atoms. The molecule has 0 saturated carbocycles. The Labute approximate surface area is 59.3 Å². The monoisotopic (exact) mass is 278 g/mol. The standard InChI is InChI=1S/C2H5.Be.ClH.Hg.2H/c1-2;;;;;/h1H2,2H3;;1H;;;. The molecule has 0 aromatic rings. The van der Waals surface area contributed by atoms with Crippen LogP contribution in [0, 0.1) is 0 Å². The zero-order valence-corrected chi connectivity index (χ0v) is 9.14. The summed E-state index contributed by atoms with van der Waals surface area (Å²) in [6.07, 6.45) is 0. The van der Waals surface area contributed by atoms with Crippen LogP contribution >= 0.6 is 12.4 Å². The number of halogens is 1. The predicted molar refractivity (Wildman–Crippen MR) is 26.3 cm³/mol. The fourth-order valence-corrected chi connectivity index (χ4v) is 0. The van der Waals surface area contributed by atoms with Crippen molar-refractivity contribution in [3.05, 3.63) is 0 Å². The number of rotatable bonds is 0. The fraction of sp³-hybridized carbons (Fsp3) is 1.00. The molecule has 27 valence electrons. The van der Waals surface area contributed by atoms with E-state index in [0.717, 1.165) is 26.1 Å². The quantitative estimate of drug-likeness (QED) is 0.565. The van der Waals surface area contributed by atoms with Gasteiger partial charge in [0.25, 0.3) is 0 Å². The van der Waals surface area contributed by atoms with E-state index in [4.69, 9.17) is 0 Å². The van der Waals surface area contributed by atoms with Gasteiger partial charge in [0.1, 0.15) is 0 Å². The van der Waals surface area contributed by atoms with E-state index in [1.165, 1.54) is 3.93 Å². The Kier molecular flexibility index (Phi) is 58.7. The van der Waals surface area contributed by atoms with E-state index in [1.54, 1.807) is 0 Å². The van der Waals surface area contributed by atoms with E-state index in [-0.39, 0.29) is 22.5 Å². The summed E-state index contributed by atoms with van der Waals surface area (Å²) in [5.74, 6) is 0. The van der Waals surface area contributed by atoms with Crippen LogP contribution in [0.4, 0.5) is 0 Å². The summed E-state index contributed by atoms with van der Waals surface area (Å²) in [7, 11) is 0. The average molecular weight is 277 g/mol. The first kappa shape index (κ1) is 16.2. The SMILES string of the molecule is C[CH2][Hg].Cl.[BeH2]. The van der Waals surface area contributed by atoms with Gasteiger partial charge >= 0.3 is 47.1 Å². The normalized spacial score (nSPS) is 3.80. The molecule has 0 rings (SSSR count). The summed E-state index contributed by atoms with van der Waals surface area (Å²) in [5.41, 5.74) is 0. The Morgan fingerprint density at radius 2 is 1.60 bits per heavy atom. The van der Waals surface area contributed by atoms with Crippen molar-refractivity contribution in [3.8, 4) is 0 Å². The maximum absolute atomic E-state index is 2.21. The topological polar surface area (TPSA) is 0 Å². The predicted octanol–water partition coefficient (Wildman–Crippen LogP) is 0.477. The third kappa shape index (κ3) is 32.0. The van der Waals surface area contributed by atoms with E-state index >= 15 is 0 Å². The summed E-state index contributed by atoms with van der Waals surface area (Å²) in [6, 6.07) is 0. The van der Waals surface area contributed by atoms with Crippen LogP contribution in [-0.2, 0) is 26.1 Å². The third-order valence-electron chi connectivity index (χ3n) is 0. The Balaban J connectivity index is -0.0000000200. The molecule has 0 fully saturated rings. The number of hydrogen-bond acceptors (Lipinski definition) is 0. The molecule has 5 heavy (non-hydrogen) atoms. The van der Waals surface area contributed by atoms with Crippen molar-refractivity contribution in [1.29, 1.82) is 0 Å². The van der Waals surface area contributed by atoms with Crippen molar-refractivity contribution in [1.82, 2.24) is 0 Å². The summed E-state index contributed by atoms with van der Waals surface area (Å²) < 4.78 is 1.44. The van der Waals surface area contributed by atoms with Gasteiger partial charge in [-0.05, 0) is 0 Å². The van der Waals surface area contributed by atoms with Gasteiger partial charge in [0.2, 0.25) is 0 Å². The fourth-order valence-electron chi connectivity index (χ4n) is 0. The minimum atomic E-state index is 0. The Bertz CT molecular complexity index is 9.61. The van der Waals surface area contributed by atoms with Gasteiger partial charge in [0.15, 0.2) is 0 Å². The second-order valence-corrected chi connectivity index (χ2v) is 4.39. The van der Waals surface area contributed by atoms with Crippen LogP contribution in [0.15, 0.2) is 0 Å². The summed E-state index contributed by atoms with van der Waals surface area (Å²) in [5, 5.41) is 0. The van der Waals surface area contributed by atoms with Crippen molar-refractivity contribution in [2.24, 2.45) is 0 Å². The second-order valence-electron chi connectivity index (χ2n) is 0.500. The van der Waals surface area contributed by atoms with Crippen molar-refractivity contribution in [2.45, 2.75) is 10.9 Å². The summed E-state index contributed by atoms with van der Waals surface area (Å²) in [6.45, 7) is 2.21. The Morgan fingerprint density at radius 3 is 1.60 bits per heavy atom. The van der Waals surface area contributed by atoms with Crippen LogP contribution in [0.25, 0.3) is 0 Å². The molecule has 0 aliphatic carbocycles. The van der Waals surface area contributed by atoms with Gasteiger partial charge in [-0.2, -0.15) is 0 Å². The molecule has 0 aromatic carbocycles. The molecule has 0 amide bonds. The van der Waals surface area contributed by atoms with E-state index in [1.807, 2.05) is 0 Å². The van der Waals surface area contributed by atoms with Crippen molar-refractivity contribution in [3.63, 3.8) is 0 Å². The van der Waals surface area contributed by atoms with E-state index < -0.39 is 0 Å². The van der Waals surface area contributed by atoms with Gasteiger partial charge in [-0.15, -0.1) is 12.4 Å². The number of hydrogen-bond donors (Lipinski definition) is 0. The third-order valence-corrected chi connectivity index (χ3v) is 0. The Hall–Kier alpha value is 1.39. The van der Waals surface area contributed by atoms with E-state index in [2.05, 4.69) is 6.92 Å². The maximum atomic E-state index is 2.21. The molecule has 0 N–H and O–H groups in total. The molecule has 0 atom stereocenters. The first-order valence-corrected chi connectivity index (χ1v) is 5.09. The summed E-state index contributed by atoms with van der Waals surface area (Å²) >= 11 is 1.07. The summed E-state index contributed by atoms with van der Waals surface area (Å²) in [4.78, 5) is 0. The van der Waals surface area contributed by atoms with Crippen LogP contribution < -0.4 is 0 Å². The van der Waals surface area contributed by atoms with Crippen LogP contribution in [0.3, 0.4) is 0 Å². The van der Waals surface area contributed by atoms with Crippen molar-refractivity contribution >= 4 is 22.5 Å². The minimum absolute atomic E-state index is 0. The molecule has 0 aliphatic heterocycles. The van der Waals surface area contributed by atoms with Gasteiger partial charge in [0, 0.05) is 0 Å². The second kappa shape index (κ2) is 18.2. The molecule has 0 saturated heterocycles. The van der Waals surface area contributed by atoms with Gasteiger partial charge < -0.3 is 0 Å². The molecular formula is C2H8BeClHg.